The van der Waals surface area contributed by atoms with E-state index in [-0.39, 0.29) is 111 Å². The molecule has 4 spiro atoms. The molecular weight excluding hydrogens is 1370 g/mol. The minimum Gasteiger partial charge on any atom is -0.457 e. The van der Waals surface area contributed by atoms with Crippen molar-refractivity contribution in [3.05, 3.63) is 0 Å². The van der Waals surface area contributed by atoms with Crippen LogP contribution >= 0.6 is 11.8 Å². The van der Waals surface area contributed by atoms with E-state index in [0.717, 1.165) is 110 Å². The van der Waals surface area contributed by atoms with Crippen LogP contribution in [0.25, 0.3) is 0 Å². The van der Waals surface area contributed by atoms with Crippen molar-refractivity contribution < 1.29 is 76.8 Å². The molecule has 5 heterocycles. The third-order valence-electron chi connectivity index (χ3n) is 33.8. The van der Waals surface area contributed by atoms with Gasteiger partial charge in [0.2, 0.25) is 0 Å². The third-order valence-corrected chi connectivity index (χ3v) is 34.1. The number of methoxy groups -OCH3 is 2. The minimum absolute atomic E-state index is 0. The monoisotopic (exact) mass is 1510 g/mol. The van der Waals surface area contributed by atoms with Crippen molar-refractivity contribution in [2.45, 2.75) is 346 Å². The highest BCUT2D eigenvalue weighted by Gasteiger charge is 2.87. The average Bonchev–Trinajstić information content (AvgIpc) is 1.46. The van der Waals surface area contributed by atoms with Crippen molar-refractivity contribution in [2.24, 2.45) is 101 Å². The topological polar surface area (TPSA) is 223 Å². The van der Waals surface area contributed by atoms with Crippen molar-refractivity contribution in [1.29, 1.82) is 0 Å². The van der Waals surface area contributed by atoms with Crippen LogP contribution in [0.1, 0.15) is 249 Å². The number of nitrogens with one attached hydrogen (secondary N) is 1. The lowest BCUT2D eigenvalue weighted by atomic mass is 9.41. The second-order valence-corrected chi connectivity index (χ2v) is 41.0. The Morgan fingerprint density at radius 2 is 1.04 bits per heavy atom. The van der Waals surface area contributed by atoms with Crippen molar-refractivity contribution in [3.63, 3.8) is 0 Å². The zero-order valence-corrected chi connectivity index (χ0v) is 69.3. The summed E-state index contributed by atoms with van der Waals surface area (Å²) in [4.78, 5) is 64.4. The molecule has 0 radical (unpaired) electrons. The van der Waals surface area contributed by atoms with E-state index in [2.05, 4.69) is 116 Å². The molecule has 26 atom stereocenters. The molecule has 106 heavy (non-hydrogen) atoms. The van der Waals surface area contributed by atoms with E-state index in [1.165, 1.54) is 39.5 Å². The number of nitrogens with zero attached hydrogens (tertiary/aromatic N) is 3. The number of Topliss-reactive ketones (excluding diaryl/α,β-unsaturated/α-hetero) is 2. The molecule has 606 valence electrons. The molecule has 15 aliphatic rings. The number of carbonyl (C=O) groups excluding carboxylic acids is 4. The summed E-state index contributed by atoms with van der Waals surface area (Å²) in [5.74, 6) is 2.01. The van der Waals surface area contributed by atoms with Crippen molar-refractivity contribution in [3.8, 4) is 0 Å². The van der Waals surface area contributed by atoms with E-state index >= 15 is 4.79 Å². The van der Waals surface area contributed by atoms with Gasteiger partial charge in [0.05, 0.1) is 42.2 Å². The number of hydrogen-bond donors (Lipinski definition) is 3. The van der Waals surface area contributed by atoms with Gasteiger partial charge in [0.15, 0.2) is 36.9 Å². The Bertz CT molecular complexity index is 3200. The summed E-state index contributed by atoms with van der Waals surface area (Å²) >= 11 is 5.40. The Labute approximate surface area is 642 Å². The first-order chi connectivity index (χ1) is 49.0. The lowest BCUT2D eigenvalue weighted by Crippen LogP contribution is -2.64. The molecule has 0 aromatic carbocycles. The molecule has 5 aliphatic heterocycles. The van der Waals surface area contributed by atoms with Crippen LogP contribution in [0.2, 0.25) is 0 Å². The largest absolute Gasteiger partial charge is 0.457 e. The lowest BCUT2D eigenvalue weighted by molar-refractivity contribution is -0.335. The minimum atomic E-state index is -1.29. The Morgan fingerprint density at radius 3 is 1.45 bits per heavy atom. The number of likely N-dealkylation sites (tertiary alicyclic amines) is 2. The molecule has 15 rings (SSSR count). The number of fused-ring (bicyclic) bond motifs is 8. The highest BCUT2D eigenvalue weighted by atomic mass is 35.5. The first kappa shape index (κ1) is 83.4. The first-order valence-electron chi connectivity index (χ1n) is 41.3. The zero-order chi connectivity index (χ0) is 76.5. The van der Waals surface area contributed by atoms with Crippen LogP contribution in [0.4, 0.5) is 0 Å². The van der Waals surface area contributed by atoms with Crippen LogP contribution in [-0.2, 0) is 66.5 Å². The van der Waals surface area contributed by atoms with Crippen LogP contribution in [-0.4, -0.2) is 212 Å². The van der Waals surface area contributed by atoms with Crippen molar-refractivity contribution >= 4 is 35.3 Å². The number of carbonyl (C=O) groups is 4. The van der Waals surface area contributed by atoms with Crippen LogP contribution < -0.4 is 4.84 Å². The fourth-order valence-electron chi connectivity index (χ4n) is 28.4. The quantitative estimate of drug-likeness (QED) is 0.0659. The summed E-state index contributed by atoms with van der Waals surface area (Å²) in [6.07, 6.45) is 13.1. The van der Waals surface area contributed by atoms with Crippen LogP contribution in [0, 0.1) is 101 Å². The van der Waals surface area contributed by atoms with Gasteiger partial charge in [-0.25, -0.2) is 4.84 Å². The van der Waals surface area contributed by atoms with E-state index in [1.54, 1.807) is 41.9 Å². The van der Waals surface area contributed by atoms with Crippen molar-refractivity contribution in [2.75, 3.05) is 66.9 Å². The molecule has 10 aliphatic carbocycles. The highest BCUT2D eigenvalue weighted by molar-refractivity contribution is 6.13. The smallest absolute Gasteiger partial charge is 0.303 e. The number of morpholine rings is 1. The summed E-state index contributed by atoms with van der Waals surface area (Å²) in [5, 5.41) is 22.0. The Hall–Kier alpha value is -1.99. The predicted octanol–water partition coefficient (Wildman–Crippen LogP) is 13.0. The SMILES string of the molecule is C.CC(=O)O[C@@H]([C@H]1C[C@@H](C)[C@H]2[C@H](O1)C(=O)[C@@]1(C)[C@@H]3CC[C@H]4C(C)(C)[C@@H](O[C@H]5CN(C6CN(C(C)C)C6)CCO5)CC[C@@]45C[C@@]35CC[C@]21C)C(C)(C)O.CC(C)N1CC(NCl)C1.COCO[C@H](OC)O[C@H]1CC[C@]23C[C@]24CC[C@]2(C)[C@H]5[C@H](C)C[C@H]([C@H](OC(C)=O)C(C)(C)O)O[C@@H]5C(=O)[C@@]2(C)[C@@H]4CC[C@H]3C1(C)C. The molecule has 5 saturated heterocycles. The molecular formula is C85H143ClN4O16. The van der Waals surface area contributed by atoms with Crippen LogP contribution in [0.15, 0.2) is 0 Å². The molecule has 0 aromatic heterocycles. The van der Waals surface area contributed by atoms with Crippen LogP contribution in [0.5, 0.6) is 0 Å². The van der Waals surface area contributed by atoms with Gasteiger partial charge in [-0.15, -0.1) is 0 Å². The van der Waals surface area contributed by atoms with E-state index in [1.807, 2.05) is 0 Å². The van der Waals surface area contributed by atoms with E-state index in [0.29, 0.717) is 60.7 Å². The van der Waals surface area contributed by atoms with E-state index in [9.17, 15) is 24.6 Å². The predicted molar refractivity (Wildman–Crippen MR) is 405 cm³/mol. The Balaban J connectivity index is 0.000000177. The second-order valence-electron chi connectivity index (χ2n) is 40.8. The summed E-state index contributed by atoms with van der Waals surface area (Å²) < 4.78 is 60.8. The number of esters is 2. The summed E-state index contributed by atoms with van der Waals surface area (Å²) in [5.41, 5.74) is -3.00. The number of rotatable bonds is 18. The number of ketones is 2. The van der Waals surface area contributed by atoms with Gasteiger partial charge in [-0.2, -0.15) is 0 Å². The maximum atomic E-state index is 15.1. The van der Waals surface area contributed by atoms with Gasteiger partial charge in [-0.1, -0.05) is 76.7 Å². The van der Waals surface area contributed by atoms with Gasteiger partial charge in [-0.3, -0.25) is 33.9 Å². The number of ether oxygens (including phenoxy) is 10. The Kier molecular flexibility index (Phi) is 22.9. The second kappa shape index (κ2) is 29.1. The maximum Gasteiger partial charge on any atom is 0.303 e. The van der Waals surface area contributed by atoms with Crippen molar-refractivity contribution in [1.82, 2.24) is 19.5 Å². The maximum absolute atomic E-state index is 15.1. The summed E-state index contributed by atoms with van der Waals surface area (Å²) in [7, 11) is 3.19. The van der Waals surface area contributed by atoms with Gasteiger partial charge in [-0.05, 0) is 249 Å². The summed E-state index contributed by atoms with van der Waals surface area (Å²) in [6.45, 7) is 48.4. The van der Waals surface area contributed by atoms with Crippen LogP contribution in [0.3, 0.4) is 0 Å². The molecule has 21 heteroatoms. The standard InChI is InChI=1S/C42H68N2O7.C36H58O9.C6H13ClN2.CH4/c1-24(2)44-20-27(21-44)43-17-18-48-32(22-43)51-31-13-14-41-23-42(41)16-15-39(9)33-25(3)19-28(36(38(7,8)47)49-26(4)45)50-34(33)35(46)40(39,10)30(42)12-11-29(41)37(31,5)6;1-20-17-22(29(32(5,6)39)43-21(2)37)44-27-26(20)33(7)15-16-36-18-35(36)14-13-25(45-30(41-10)42-19-40-9)31(3,4)23(35)11-12-24(36)34(33,8)28(27)38;1-5(2)9-3-6(4-9)8-7;/h24-25,27-34,36,47H,11-23H2,1-10H3;20,22-27,29-30,39H,11-19H2,1-10H3;5-6,8H,3-4H2,1-2H3;1H4/t25-,28-,29+,30+,31+,32+,33+,34+,36+,39-,40-,41-,42+;20-,22-,23+,24+,25+,26+,27+,29+,30+,33-,34-,35-,36+;;/m11../s1. The van der Waals surface area contributed by atoms with Gasteiger partial charge >= 0.3 is 11.9 Å². The zero-order valence-electron chi connectivity index (χ0n) is 68.5. The van der Waals surface area contributed by atoms with Gasteiger partial charge in [0.1, 0.15) is 12.2 Å². The van der Waals surface area contributed by atoms with Gasteiger partial charge < -0.3 is 57.6 Å². The molecule has 0 unspecified atom stereocenters. The van der Waals surface area contributed by atoms with E-state index < -0.39 is 77.1 Å². The number of hydrogen-bond acceptors (Lipinski definition) is 20. The fourth-order valence-corrected chi connectivity index (χ4v) is 28.5. The van der Waals surface area contributed by atoms with Gasteiger partial charge in [0, 0.05) is 114 Å². The lowest BCUT2D eigenvalue weighted by Gasteiger charge is -2.62. The summed E-state index contributed by atoms with van der Waals surface area (Å²) in [6, 6.07) is 2.42. The van der Waals surface area contributed by atoms with Gasteiger partial charge in [0.25, 0.3) is 6.48 Å². The molecule has 0 aromatic rings. The molecule has 0 amide bonds. The number of halogens is 1. The molecule has 3 N–H and O–H groups in total. The third kappa shape index (κ3) is 12.9. The molecule has 0 bridgehead atoms. The fraction of sp³-hybridized carbons (Fsp3) is 0.953. The normalized spacial score (nSPS) is 45.7. The highest BCUT2D eigenvalue weighted by Crippen LogP contribution is 2.91. The first-order valence-corrected chi connectivity index (χ1v) is 41.7. The molecule has 15 fully saturated rings. The number of aliphatic hydroxyl groups is 2. The van der Waals surface area contributed by atoms with E-state index in [4.69, 9.17) is 59.1 Å². The molecule has 10 saturated carbocycles. The molecule has 20 nitrogen and oxygen atoms in total. The Morgan fingerprint density at radius 1 is 0.613 bits per heavy atom. The average molecular weight is 1510 g/mol.